The molecule has 19 heteroatoms. The van der Waals surface area contributed by atoms with Crippen molar-refractivity contribution in [2.24, 2.45) is 17.4 Å². The summed E-state index contributed by atoms with van der Waals surface area (Å²) >= 11 is 0. The number of nitrogens with zero attached hydrogens (tertiary/aromatic N) is 1. The van der Waals surface area contributed by atoms with E-state index in [1.54, 1.807) is 43.5 Å². The molecule has 3 aromatic rings. The molecule has 2 unspecified atom stereocenters. The maximum Gasteiger partial charge on any atom is 0.243 e. The molecule has 1 aromatic heterocycles. The van der Waals surface area contributed by atoms with E-state index >= 15 is 0 Å². The van der Waals surface area contributed by atoms with E-state index in [-0.39, 0.29) is 82.9 Å². The largest absolute Gasteiger partial charge is 0.391 e. The van der Waals surface area contributed by atoms with Gasteiger partial charge in [-0.15, -0.1) is 0 Å². The van der Waals surface area contributed by atoms with Crippen molar-refractivity contribution in [3.8, 4) is 0 Å². The summed E-state index contributed by atoms with van der Waals surface area (Å²) in [6, 6.07) is 10.2. The van der Waals surface area contributed by atoms with Gasteiger partial charge in [0.05, 0.1) is 6.10 Å². The van der Waals surface area contributed by atoms with Gasteiger partial charge in [0.2, 0.25) is 41.4 Å². The van der Waals surface area contributed by atoms with Crippen molar-refractivity contribution in [3.63, 3.8) is 0 Å². The van der Waals surface area contributed by atoms with Crippen LogP contribution >= 0.6 is 0 Å². The fourth-order valence-corrected chi connectivity index (χ4v) is 7.81. The number of amides is 7. The van der Waals surface area contributed by atoms with Crippen LogP contribution in [0.1, 0.15) is 69.4 Å². The number of nitrogens with two attached hydrogens (primary N) is 2. The minimum Gasteiger partial charge on any atom is -0.391 e. The lowest BCUT2D eigenvalue weighted by Gasteiger charge is -2.29. The van der Waals surface area contributed by atoms with E-state index in [2.05, 4.69) is 36.9 Å². The van der Waals surface area contributed by atoms with E-state index in [1.807, 2.05) is 24.3 Å². The first kappa shape index (κ1) is 46.6. The van der Waals surface area contributed by atoms with Crippen molar-refractivity contribution in [2.75, 3.05) is 19.6 Å². The molecule has 0 radical (unpaired) electrons. The Hall–Kier alpha value is -6.50. The minimum absolute atomic E-state index is 0.00647. The molecule has 334 valence electrons. The molecule has 62 heavy (non-hydrogen) atoms. The normalized spacial score (nSPS) is 25.3. The molecule has 0 bridgehead atoms. The molecule has 2 aliphatic heterocycles. The molecule has 0 spiro atoms. The monoisotopic (exact) mass is 857 g/mol. The van der Waals surface area contributed by atoms with E-state index in [1.165, 1.54) is 4.90 Å². The number of fused-ring (bicyclic) bond motifs is 2. The van der Waals surface area contributed by atoms with Gasteiger partial charge in [-0.05, 0) is 55.7 Å². The number of aromatic nitrogens is 1. The molecule has 5 rings (SSSR count). The zero-order valence-electron chi connectivity index (χ0n) is 34.9. The molecule has 7 atom stereocenters. The number of aliphatic hydroxyl groups is 1. The summed E-state index contributed by atoms with van der Waals surface area (Å²) in [5.74, 6) is -5.33. The molecule has 7 amide bonds. The number of aliphatic hydroxyl groups excluding tert-OH is 1. The highest BCUT2D eigenvalue weighted by Crippen LogP contribution is 2.23. The van der Waals surface area contributed by atoms with Crippen molar-refractivity contribution >= 4 is 58.2 Å². The number of carbonyl (C=O) groups is 7. The van der Waals surface area contributed by atoms with Gasteiger partial charge >= 0.3 is 0 Å². The molecule has 0 aliphatic carbocycles. The summed E-state index contributed by atoms with van der Waals surface area (Å²) < 4.78 is 0. The predicted molar refractivity (Wildman–Crippen MR) is 230 cm³/mol. The van der Waals surface area contributed by atoms with Crippen LogP contribution in [0.2, 0.25) is 0 Å². The predicted octanol–water partition coefficient (Wildman–Crippen LogP) is -0.681. The van der Waals surface area contributed by atoms with Crippen molar-refractivity contribution in [1.82, 2.24) is 41.8 Å². The van der Waals surface area contributed by atoms with Gasteiger partial charge in [0.25, 0.3) is 0 Å². The fourth-order valence-electron chi connectivity index (χ4n) is 7.81. The molecule has 2 saturated heterocycles. The number of hydrogen-bond acceptors (Lipinski definition) is 9. The molecule has 2 aliphatic rings. The second-order valence-electron chi connectivity index (χ2n) is 16.1. The smallest absolute Gasteiger partial charge is 0.243 e. The molecule has 0 saturated carbocycles. The third-order valence-corrected chi connectivity index (χ3v) is 11.3. The Labute approximate surface area is 359 Å². The standard InChI is InChI=1S/C43H59N11O8/c1-25-16-17-36(56)47-18-8-7-14-31(37(44)57)50-40(60)34(21-27-23-49-30-13-6-5-12-29(27)30)52-38(58)32(15-9-19-48-43(45)46)51-39(59)33(20-26-10-3-2-4-11-26)53-41(61)35-22-28(55)24-54(35)42(25)62/h2-6,10-13,23,25,28,31-35,49,55H,7-9,14-22,24H2,1H3,(H2,44,57)(H,47,56)(H,50,60)(H,51,59)(H,52,58)(H,53,61)(H4,45,46,48)/t25?,28-,31+,32+,33?,34+,35+/m1/s1. The lowest BCUT2D eigenvalue weighted by atomic mass is 10.0. The number of H-pyrrole nitrogens is 1. The van der Waals surface area contributed by atoms with Gasteiger partial charge in [-0.1, -0.05) is 55.5 Å². The van der Waals surface area contributed by atoms with Gasteiger partial charge in [-0.25, -0.2) is 0 Å². The molecule has 2 fully saturated rings. The summed E-state index contributed by atoms with van der Waals surface area (Å²) in [6.07, 6.45) is 2.07. The highest BCUT2D eigenvalue weighted by atomic mass is 16.3. The summed E-state index contributed by atoms with van der Waals surface area (Å²) in [5, 5.41) is 35.6. The van der Waals surface area contributed by atoms with Crippen LogP contribution in [-0.4, -0.2) is 118 Å². The zero-order valence-corrected chi connectivity index (χ0v) is 34.9. The number of benzene rings is 2. The Morgan fingerprint density at radius 3 is 2.24 bits per heavy atom. The first-order valence-corrected chi connectivity index (χ1v) is 21.1. The van der Waals surface area contributed by atoms with Crippen molar-refractivity contribution in [2.45, 2.75) is 107 Å². The van der Waals surface area contributed by atoms with Crippen LogP contribution in [0.25, 0.3) is 10.9 Å². The SMILES string of the molecule is CC1CCC(=O)NCCCC[C@@H](C(N)=O)NC(=O)[C@H](Cc2c[nH]c3ccccc23)NC(=O)[C@H](CCCNC(=N)N)NC(=O)C(Cc2ccccc2)NC(=O)[C@@H]2C[C@@H](O)CN2C1=O. The van der Waals surface area contributed by atoms with Crippen molar-refractivity contribution in [3.05, 3.63) is 71.9 Å². The van der Waals surface area contributed by atoms with Crippen LogP contribution in [0.5, 0.6) is 0 Å². The second-order valence-corrected chi connectivity index (χ2v) is 16.1. The topological polar surface area (TPSA) is 307 Å². The van der Waals surface area contributed by atoms with Gasteiger partial charge in [0.15, 0.2) is 5.96 Å². The third-order valence-electron chi connectivity index (χ3n) is 11.3. The highest BCUT2D eigenvalue weighted by Gasteiger charge is 2.42. The molecular formula is C43H59N11O8. The van der Waals surface area contributed by atoms with Gasteiger partial charge in [0, 0.05) is 68.3 Å². The highest BCUT2D eigenvalue weighted by molar-refractivity contribution is 5.97. The fraction of sp³-hybridized carbons (Fsp3) is 0.488. The average Bonchev–Trinajstić information content (AvgIpc) is 3.85. The van der Waals surface area contributed by atoms with E-state index in [4.69, 9.17) is 16.9 Å². The number of hydrogen-bond donors (Lipinski definition) is 11. The summed E-state index contributed by atoms with van der Waals surface area (Å²) in [7, 11) is 0. The van der Waals surface area contributed by atoms with Gasteiger partial charge in [-0.2, -0.15) is 0 Å². The van der Waals surface area contributed by atoms with Crippen molar-refractivity contribution in [1.29, 1.82) is 5.41 Å². The number of nitrogens with one attached hydrogen (secondary N) is 8. The Balaban J connectivity index is 1.49. The van der Waals surface area contributed by atoms with E-state index in [0.717, 1.165) is 10.9 Å². The lowest BCUT2D eigenvalue weighted by molar-refractivity contribution is -0.142. The Morgan fingerprint density at radius 1 is 0.839 bits per heavy atom. The summed E-state index contributed by atoms with van der Waals surface area (Å²) in [6.45, 7) is 1.97. The molecule has 19 nitrogen and oxygen atoms in total. The van der Waals surface area contributed by atoms with Crippen LogP contribution in [-0.2, 0) is 46.4 Å². The van der Waals surface area contributed by atoms with Crippen LogP contribution in [0.4, 0.5) is 0 Å². The Morgan fingerprint density at radius 2 is 1.50 bits per heavy atom. The van der Waals surface area contributed by atoms with E-state index in [0.29, 0.717) is 24.0 Å². The Bertz CT molecular complexity index is 2080. The number of rotatable bonds is 9. The van der Waals surface area contributed by atoms with Gasteiger partial charge < -0.3 is 58.4 Å². The average molecular weight is 858 g/mol. The third kappa shape index (κ3) is 13.2. The Kier molecular flexibility index (Phi) is 16.8. The molecule has 3 heterocycles. The van der Waals surface area contributed by atoms with Crippen LogP contribution < -0.4 is 43.4 Å². The maximum atomic E-state index is 14.4. The van der Waals surface area contributed by atoms with Gasteiger partial charge in [0.1, 0.15) is 30.2 Å². The molecule has 13 N–H and O–H groups in total. The number of carbonyl (C=O) groups excluding carboxylic acids is 7. The van der Waals surface area contributed by atoms with E-state index in [9.17, 15) is 38.7 Å². The maximum absolute atomic E-state index is 14.4. The number of para-hydroxylation sites is 1. The van der Waals surface area contributed by atoms with Crippen LogP contribution in [0.15, 0.2) is 60.8 Å². The van der Waals surface area contributed by atoms with Crippen LogP contribution in [0, 0.1) is 11.3 Å². The van der Waals surface area contributed by atoms with Crippen LogP contribution in [0.3, 0.4) is 0 Å². The summed E-state index contributed by atoms with van der Waals surface area (Å²) in [5.41, 5.74) is 13.4. The zero-order chi connectivity index (χ0) is 44.8. The summed E-state index contributed by atoms with van der Waals surface area (Å²) in [4.78, 5) is 100. The number of primary amides is 1. The molecular weight excluding hydrogens is 799 g/mol. The molecule has 2 aromatic carbocycles. The van der Waals surface area contributed by atoms with Gasteiger partial charge in [-0.3, -0.25) is 39.0 Å². The lowest BCUT2D eigenvalue weighted by Crippen LogP contribution is -2.59. The second kappa shape index (κ2) is 22.4. The van der Waals surface area contributed by atoms with E-state index < -0.39 is 77.7 Å². The number of guanidine groups is 1. The minimum atomic E-state index is -1.27. The number of aromatic amines is 1. The quantitative estimate of drug-likeness (QED) is 0.0732. The first-order valence-electron chi connectivity index (χ1n) is 21.1. The first-order chi connectivity index (χ1) is 29.7. The van der Waals surface area contributed by atoms with Crippen molar-refractivity contribution < 1.29 is 38.7 Å².